The van der Waals surface area contributed by atoms with E-state index in [0.717, 1.165) is 0 Å². The first-order valence-electron chi connectivity index (χ1n) is 10.4. The Bertz CT molecular complexity index is 986. The van der Waals surface area contributed by atoms with E-state index < -0.39 is 0 Å². The fourth-order valence-corrected chi connectivity index (χ4v) is 4.85. The van der Waals surface area contributed by atoms with Crippen molar-refractivity contribution in [2.45, 2.75) is 69.1 Å². The maximum atomic E-state index is 2.42. The Morgan fingerprint density at radius 1 is 0.621 bits per heavy atom. The largest absolute Gasteiger partial charge is 0.308 e. The molecule has 0 aromatic heterocycles. The van der Waals surface area contributed by atoms with Crippen molar-refractivity contribution >= 4 is 28.8 Å². The minimum absolute atomic E-state index is 0.137. The molecular formula is C27H31NS. The second kappa shape index (κ2) is 6.95. The summed E-state index contributed by atoms with van der Waals surface area (Å²) in [6, 6.07) is 22.8. The number of anilines is 3. The first-order valence-corrected chi connectivity index (χ1v) is 11.2. The molecule has 1 aliphatic heterocycles. The third-order valence-electron chi connectivity index (χ3n) is 5.65. The summed E-state index contributed by atoms with van der Waals surface area (Å²) in [6.07, 6.45) is 0. The number of rotatable bonds is 1. The SMILES string of the molecule is Cc1ccc(N2c3ccc(C(C)(C)C)cc3Sc3cc(C(C)(C)C)ccc32)cc1. The van der Waals surface area contributed by atoms with Crippen LogP contribution in [0.2, 0.25) is 0 Å². The minimum atomic E-state index is 0.137. The normalized spacial score (nSPS) is 13.8. The van der Waals surface area contributed by atoms with Gasteiger partial charge in [0.25, 0.3) is 0 Å². The molecule has 3 aromatic carbocycles. The predicted octanol–water partition coefficient (Wildman–Crippen LogP) is 8.52. The summed E-state index contributed by atoms with van der Waals surface area (Å²) in [5.74, 6) is 0. The molecule has 0 radical (unpaired) electrons. The van der Waals surface area contributed by atoms with E-state index in [1.165, 1.54) is 43.5 Å². The molecule has 0 saturated carbocycles. The molecule has 3 aromatic rings. The van der Waals surface area contributed by atoms with Gasteiger partial charge in [0.15, 0.2) is 0 Å². The first kappa shape index (κ1) is 20.1. The zero-order valence-corrected chi connectivity index (χ0v) is 19.4. The van der Waals surface area contributed by atoms with Gasteiger partial charge in [0, 0.05) is 15.5 Å². The summed E-state index contributed by atoms with van der Waals surface area (Å²) in [5.41, 5.74) is 8.06. The third kappa shape index (κ3) is 3.83. The van der Waals surface area contributed by atoms with Crippen LogP contribution in [0.25, 0.3) is 0 Å². The van der Waals surface area contributed by atoms with E-state index in [-0.39, 0.29) is 10.8 Å². The van der Waals surface area contributed by atoms with Crippen molar-refractivity contribution in [3.05, 3.63) is 77.4 Å². The fourth-order valence-electron chi connectivity index (χ4n) is 3.71. The van der Waals surface area contributed by atoms with E-state index in [2.05, 4.69) is 114 Å². The van der Waals surface area contributed by atoms with E-state index in [1.807, 2.05) is 11.8 Å². The lowest BCUT2D eigenvalue weighted by Gasteiger charge is -2.35. The third-order valence-corrected chi connectivity index (χ3v) is 6.74. The molecule has 0 fully saturated rings. The van der Waals surface area contributed by atoms with Gasteiger partial charge in [-0.1, -0.05) is 83.1 Å². The van der Waals surface area contributed by atoms with Gasteiger partial charge in [0.1, 0.15) is 0 Å². The highest BCUT2D eigenvalue weighted by Crippen LogP contribution is 2.52. The summed E-state index contributed by atoms with van der Waals surface area (Å²) in [5, 5.41) is 0. The number of aryl methyl sites for hydroxylation is 1. The fraction of sp³-hybridized carbons (Fsp3) is 0.333. The van der Waals surface area contributed by atoms with Gasteiger partial charge in [-0.25, -0.2) is 0 Å². The number of nitrogens with zero attached hydrogens (tertiary/aromatic N) is 1. The molecule has 0 spiro atoms. The van der Waals surface area contributed by atoms with Gasteiger partial charge in [0.2, 0.25) is 0 Å². The molecule has 0 bridgehead atoms. The van der Waals surface area contributed by atoms with Crippen molar-refractivity contribution in [1.29, 1.82) is 0 Å². The Hall–Kier alpha value is -2.19. The Labute approximate surface area is 180 Å². The van der Waals surface area contributed by atoms with Gasteiger partial charge >= 0.3 is 0 Å². The van der Waals surface area contributed by atoms with E-state index in [9.17, 15) is 0 Å². The molecule has 1 nitrogen and oxygen atoms in total. The highest BCUT2D eigenvalue weighted by molar-refractivity contribution is 7.99. The van der Waals surface area contributed by atoms with Gasteiger partial charge in [-0.3, -0.25) is 0 Å². The molecule has 1 heterocycles. The zero-order valence-electron chi connectivity index (χ0n) is 18.6. The smallest absolute Gasteiger partial charge is 0.0601 e. The Morgan fingerprint density at radius 2 is 1.07 bits per heavy atom. The van der Waals surface area contributed by atoms with Crippen molar-refractivity contribution in [2.75, 3.05) is 4.90 Å². The Morgan fingerprint density at radius 3 is 1.48 bits per heavy atom. The van der Waals surface area contributed by atoms with Crippen LogP contribution in [0.3, 0.4) is 0 Å². The molecule has 150 valence electrons. The number of benzene rings is 3. The van der Waals surface area contributed by atoms with Crippen LogP contribution in [0.1, 0.15) is 58.2 Å². The molecule has 0 atom stereocenters. The van der Waals surface area contributed by atoms with E-state index >= 15 is 0 Å². The van der Waals surface area contributed by atoms with Gasteiger partial charge in [-0.2, -0.15) is 0 Å². The van der Waals surface area contributed by atoms with Gasteiger partial charge in [-0.05, 0) is 65.3 Å². The van der Waals surface area contributed by atoms with Crippen LogP contribution in [0.5, 0.6) is 0 Å². The molecule has 2 heteroatoms. The molecule has 0 unspecified atom stereocenters. The van der Waals surface area contributed by atoms with Crippen molar-refractivity contribution in [3.8, 4) is 0 Å². The van der Waals surface area contributed by atoms with Crippen LogP contribution >= 0.6 is 11.8 Å². The first-order chi connectivity index (χ1) is 13.5. The Balaban J connectivity index is 1.92. The van der Waals surface area contributed by atoms with Crippen LogP contribution in [-0.4, -0.2) is 0 Å². The summed E-state index contributed by atoms with van der Waals surface area (Å²) < 4.78 is 0. The Kier molecular flexibility index (Phi) is 4.82. The molecule has 0 N–H and O–H groups in total. The van der Waals surface area contributed by atoms with Gasteiger partial charge < -0.3 is 4.90 Å². The molecule has 0 amide bonds. The molecular weight excluding hydrogens is 370 g/mol. The van der Waals surface area contributed by atoms with Crippen molar-refractivity contribution in [1.82, 2.24) is 0 Å². The number of hydrogen-bond acceptors (Lipinski definition) is 2. The number of hydrogen-bond donors (Lipinski definition) is 0. The standard InChI is InChI=1S/C27H31NS/c1-18-8-12-21(13-9-18)28-22-14-10-19(26(2,3)4)16-24(22)29-25-17-20(27(5,6)7)11-15-23(25)28/h8-17H,1-7H3. The van der Waals surface area contributed by atoms with Crippen LogP contribution in [0.15, 0.2) is 70.5 Å². The van der Waals surface area contributed by atoms with Crippen LogP contribution < -0.4 is 4.90 Å². The quantitative estimate of drug-likeness (QED) is 0.314. The maximum absolute atomic E-state index is 2.42. The highest BCUT2D eigenvalue weighted by atomic mass is 32.2. The summed E-state index contributed by atoms with van der Waals surface area (Å²) in [4.78, 5) is 5.08. The molecule has 4 rings (SSSR count). The van der Waals surface area contributed by atoms with Crippen molar-refractivity contribution in [3.63, 3.8) is 0 Å². The van der Waals surface area contributed by atoms with Crippen LogP contribution in [-0.2, 0) is 10.8 Å². The van der Waals surface area contributed by atoms with Gasteiger partial charge in [-0.15, -0.1) is 0 Å². The minimum Gasteiger partial charge on any atom is -0.308 e. The summed E-state index contributed by atoms with van der Waals surface area (Å²) in [6.45, 7) is 15.8. The average Bonchev–Trinajstić information content (AvgIpc) is 2.64. The van der Waals surface area contributed by atoms with E-state index in [4.69, 9.17) is 0 Å². The monoisotopic (exact) mass is 401 g/mol. The lowest BCUT2D eigenvalue weighted by molar-refractivity contribution is 0.588. The molecule has 0 aliphatic carbocycles. The second-order valence-electron chi connectivity index (χ2n) is 10.1. The summed E-state index contributed by atoms with van der Waals surface area (Å²) in [7, 11) is 0. The predicted molar refractivity (Wildman–Crippen MR) is 127 cm³/mol. The van der Waals surface area contributed by atoms with E-state index in [0.29, 0.717) is 0 Å². The van der Waals surface area contributed by atoms with Crippen molar-refractivity contribution in [2.24, 2.45) is 0 Å². The summed E-state index contributed by atoms with van der Waals surface area (Å²) >= 11 is 1.90. The van der Waals surface area contributed by atoms with Gasteiger partial charge in [0.05, 0.1) is 11.4 Å². The van der Waals surface area contributed by atoms with Crippen LogP contribution in [0.4, 0.5) is 17.1 Å². The lowest BCUT2D eigenvalue weighted by Crippen LogP contribution is -2.18. The molecule has 29 heavy (non-hydrogen) atoms. The van der Waals surface area contributed by atoms with E-state index in [1.54, 1.807) is 0 Å². The lowest BCUT2D eigenvalue weighted by atomic mass is 9.86. The second-order valence-corrected chi connectivity index (χ2v) is 11.2. The van der Waals surface area contributed by atoms with Crippen molar-refractivity contribution < 1.29 is 0 Å². The topological polar surface area (TPSA) is 3.24 Å². The molecule has 0 saturated heterocycles. The molecule has 1 aliphatic rings. The van der Waals surface area contributed by atoms with Crippen LogP contribution in [0, 0.1) is 6.92 Å². The highest BCUT2D eigenvalue weighted by Gasteiger charge is 2.28. The zero-order chi connectivity index (χ0) is 21.0. The maximum Gasteiger partial charge on any atom is 0.0601 e. The number of fused-ring (bicyclic) bond motifs is 2. The average molecular weight is 402 g/mol.